The maximum absolute atomic E-state index is 12.4. The number of phenols is 2. The minimum absolute atomic E-state index is 0.0319. The van der Waals surface area contributed by atoms with E-state index in [1.165, 1.54) is 17.5 Å². The first-order chi connectivity index (χ1) is 27.2. The number of hydrogen-bond donors (Lipinski definition) is 2. The summed E-state index contributed by atoms with van der Waals surface area (Å²) in [5.74, 6) is 4.36. The SMILES string of the molecule is C=CCN1CC2CC(C1)C1N=C(C)Oc3cccc2c31.C=CCN1CC2CC(C1)c1cccc(O)c1C2=O.C=CCN1CC2CC(C1)c1cccc(O)c1C2=O. The smallest absolute Gasteiger partial charge is 0.187 e. The third kappa shape index (κ3) is 7.17. The number of rotatable bonds is 6. The Balaban J connectivity index is 0.000000118. The first-order valence-electron chi connectivity index (χ1n) is 20.2. The van der Waals surface area contributed by atoms with Gasteiger partial charge in [0.25, 0.3) is 0 Å². The van der Waals surface area contributed by atoms with Crippen LogP contribution in [-0.2, 0) is 0 Å². The van der Waals surface area contributed by atoms with Gasteiger partial charge in [0.1, 0.15) is 17.2 Å². The average molecular weight is 755 g/mol. The predicted octanol–water partition coefficient (Wildman–Crippen LogP) is 7.50. The molecule has 7 unspecified atom stereocenters. The number of piperidine rings is 3. The molecule has 3 aliphatic carbocycles. The number of carbonyl (C=O) groups excluding carboxylic acids is 2. The van der Waals surface area contributed by atoms with E-state index in [1.807, 2.05) is 49.4 Å². The minimum atomic E-state index is 0.0319. The fourth-order valence-corrected chi connectivity index (χ4v) is 10.7. The van der Waals surface area contributed by atoms with Crippen LogP contribution in [0.4, 0.5) is 0 Å². The monoisotopic (exact) mass is 754 g/mol. The van der Waals surface area contributed by atoms with E-state index in [2.05, 4.69) is 52.6 Å². The molecule has 7 atom stereocenters. The molecule has 0 spiro atoms. The first kappa shape index (κ1) is 38.1. The summed E-state index contributed by atoms with van der Waals surface area (Å²) in [4.78, 5) is 36.6. The molecule has 4 heterocycles. The molecule has 56 heavy (non-hydrogen) atoms. The van der Waals surface area contributed by atoms with Crippen molar-refractivity contribution in [2.75, 3.05) is 58.9 Å². The van der Waals surface area contributed by atoms with E-state index in [1.54, 1.807) is 12.1 Å². The van der Waals surface area contributed by atoms with Gasteiger partial charge in [-0.15, -0.1) is 19.7 Å². The van der Waals surface area contributed by atoms with E-state index >= 15 is 0 Å². The number of ketones is 2. The lowest BCUT2D eigenvalue weighted by atomic mass is 9.70. The van der Waals surface area contributed by atoms with Crippen molar-refractivity contribution in [1.82, 2.24) is 14.7 Å². The molecule has 6 bridgehead atoms. The zero-order valence-electron chi connectivity index (χ0n) is 32.5. The summed E-state index contributed by atoms with van der Waals surface area (Å²) >= 11 is 0. The molecule has 3 saturated heterocycles. The van der Waals surface area contributed by atoms with E-state index in [0.29, 0.717) is 40.8 Å². The van der Waals surface area contributed by atoms with Crippen LogP contribution in [0.3, 0.4) is 0 Å². The van der Waals surface area contributed by atoms with Gasteiger partial charge in [-0.1, -0.05) is 54.6 Å². The fourth-order valence-electron chi connectivity index (χ4n) is 10.7. The Morgan fingerprint density at radius 1 is 0.643 bits per heavy atom. The van der Waals surface area contributed by atoms with Crippen molar-refractivity contribution in [2.24, 2.45) is 22.7 Å². The van der Waals surface area contributed by atoms with Crippen LogP contribution in [0.15, 0.2) is 97.6 Å². The van der Waals surface area contributed by atoms with Crippen molar-refractivity contribution < 1.29 is 24.5 Å². The number of fused-ring (bicyclic) bond motifs is 12. The van der Waals surface area contributed by atoms with Crippen LogP contribution in [-0.4, -0.2) is 101 Å². The van der Waals surface area contributed by atoms with Crippen molar-refractivity contribution >= 4 is 17.5 Å². The van der Waals surface area contributed by atoms with E-state index in [4.69, 9.17) is 9.73 Å². The Kier molecular flexibility index (Phi) is 10.8. The summed E-state index contributed by atoms with van der Waals surface area (Å²) in [5.41, 5.74) is 5.98. The van der Waals surface area contributed by atoms with Crippen molar-refractivity contribution in [3.8, 4) is 17.2 Å². The van der Waals surface area contributed by atoms with Crippen molar-refractivity contribution in [1.29, 1.82) is 0 Å². The van der Waals surface area contributed by atoms with Crippen LogP contribution in [0, 0.1) is 17.8 Å². The topological polar surface area (TPSA) is 106 Å². The second-order valence-electron chi connectivity index (χ2n) is 16.6. The van der Waals surface area contributed by atoms with Gasteiger partial charge < -0.3 is 14.9 Å². The molecule has 0 aromatic heterocycles. The quantitative estimate of drug-likeness (QED) is 0.250. The number of ether oxygens (including phenoxy) is 1. The van der Waals surface area contributed by atoms with E-state index in [0.717, 1.165) is 94.5 Å². The van der Waals surface area contributed by atoms with Gasteiger partial charge in [-0.05, 0) is 77.8 Å². The van der Waals surface area contributed by atoms with Crippen LogP contribution in [0.25, 0.3) is 0 Å². The number of nitrogens with zero attached hydrogens (tertiary/aromatic N) is 4. The van der Waals surface area contributed by atoms with Crippen LogP contribution in [0.2, 0.25) is 0 Å². The maximum Gasteiger partial charge on any atom is 0.187 e. The molecule has 3 fully saturated rings. The highest BCUT2D eigenvalue weighted by Gasteiger charge is 2.44. The molecule has 9 nitrogen and oxygen atoms in total. The zero-order chi connectivity index (χ0) is 39.1. The van der Waals surface area contributed by atoms with Gasteiger partial charge in [0, 0.05) is 83.2 Å². The van der Waals surface area contributed by atoms with Crippen LogP contribution in [0.1, 0.15) is 93.0 Å². The van der Waals surface area contributed by atoms with Crippen LogP contribution in [0.5, 0.6) is 17.2 Å². The van der Waals surface area contributed by atoms with Crippen molar-refractivity contribution in [3.05, 3.63) is 126 Å². The number of hydrogen-bond acceptors (Lipinski definition) is 9. The molecule has 0 saturated carbocycles. The van der Waals surface area contributed by atoms with Crippen LogP contribution < -0.4 is 4.74 Å². The molecular formula is C47H54N4O5. The van der Waals surface area contributed by atoms with Gasteiger partial charge in [-0.2, -0.15) is 0 Å². The minimum Gasteiger partial charge on any atom is -0.507 e. The standard InChI is InChI=1S/C17H20N2O.2C15H17NO2/c1-3-7-19-9-12-8-13(10-19)17-16-14(12)5-4-6-15(16)20-11(2)18-17;2*1-2-6-16-8-10-7-11(9-16)15(18)14-12(10)4-3-5-13(14)17/h3-6,12-13,17H,1,7-10H2,2H3;2*2-5,10-11,17H,1,6-9H2. The molecule has 3 aromatic carbocycles. The first-order valence-corrected chi connectivity index (χ1v) is 20.2. The summed E-state index contributed by atoms with van der Waals surface area (Å²) in [6.07, 6.45) is 8.87. The number of phenolic OH excluding ortho intramolecular Hbond substituents is 2. The Bertz CT molecular complexity index is 1980. The zero-order valence-corrected chi connectivity index (χ0v) is 32.5. The Labute approximate surface area is 330 Å². The Morgan fingerprint density at radius 3 is 1.61 bits per heavy atom. The molecule has 3 aromatic rings. The van der Waals surface area contributed by atoms with E-state index < -0.39 is 0 Å². The Morgan fingerprint density at radius 2 is 1.09 bits per heavy atom. The van der Waals surface area contributed by atoms with E-state index in [-0.39, 0.29) is 34.9 Å². The molecule has 10 rings (SSSR count). The molecule has 292 valence electrons. The molecule has 4 aliphatic heterocycles. The molecule has 0 amide bonds. The second kappa shape index (κ2) is 16.0. The van der Waals surface area contributed by atoms with Crippen LogP contribution >= 0.6 is 0 Å². The number of Topliss-reactive ketones (excluding diaryl/α,β-unsaturated/α-hetero) is 2. The van der Waals surface area contributed by atoms with Gasteiger partial charge in [0.2, 0.25) is 0 Å². The third-order valence-electron chi connectivity index (χ3n) is 12.9. The normalized spacial score (nSPS) is 28.3. The highest BCUT2D eigenvalue weighted by molar-refractivity contribution is 6.04. The van der Waals surface area contributed by atoms with Crippen molar-refractivity contribution in [2.45, 2.75) is 50.0 Å². The molecule has 7 aliphatic rings. The van der Waals surface area contributed by atoms with Gasteiger partial charge in [0.15, 0.2) is 17.5 Å². The number of carbonyl (C=O) groups is 2. The van der Waals surface area contributed by atoms with Gasteiger partial charge in [-0.3, -0.25) is 24.3 Å². The molecular weight excluding hydrogens is 701 g/mol. The largest absolute Gasteiger partial charge is 0.507 e. The van der Waals surface area contributed by atoms with E-state index in [9.17, 15) is 19.8 Å². The molecule has 0 radical (unpaired) electrons. The summed E-state index contributed by atoms with van der Waals surface area (Å²) in [5, 5.41) is 19.8. The highest BCUT2D eigenvalue weighted by Crippen LogP contribution is 2.51. The highest BCUT2D eigenvalue weighted by atomic mass is 16.5. The summed E-state index contributed by atoms with van der Waals surface area (Å²) in [7, 11) is 0. The third-order valence-corrected chi connectivity index (χ3v) is 12.9. The average Bonchev–Trinajstić information content (AvgIpc) is 3.19. The summed E-state index contributed by atoms with van der Waals surface area (Å²) < 4.78 is 5.84. The number of benzene rings is 3. The Hall–Kier alpha value is -4.83. The lowest BCUT2D eigenvalue weighted by Gasteiger charge is -2.46. The van der Waals surface area contributed by atoms with Gasteiger partial charge in [-0.25, -0.2) is 4.99 Å². The summed E-state index contributed by atoms with van der Waals surface area (Å²) in [6, 6.07) is 17.6. The summed E-state index contributed by atoms with van der Waals surface area (Å²) in [6.45, 7) is 21.7. The molecule has 2 N–H and O–H groups in total. The molecule has 9 heteroatoms. The number of aliphatic imine (C=N–C) groups is 1. The van der Waals surface area contributed by atoms with Crippen molar-refractivity contribution in [3.63, 3.8) is 0 Å². The second-order valence-corrected chi connectivity index (χ2v) is 16.6. The number of likely N-dealkylation sites (tertiary alicyclic amines) is 3. The number of aromatic hydroxyl groups is 2. The lowest BCUT2D eigenvalue weighted by molar-refractivity contribution is 0.0763. The van der Waals surface area contributed by atoms with Gasteiger partial charge in [0.05, 0.1) is 17.2 Å². The van der Waals surface area contributed by atoms with Gasteiger partial charge >= 0.3 is 0 Å². The predicted molar refractivity (Wildman–Crippen MR) is 220 cm³/mol. The maximum atomic E-state index is 12.4. The fraction of sp³-hybridized carbons (Fsp3) is 0.426. The lowest BCUT2D eigenvalue weighted by Crippen LogP contribution is -2.45.